The second-order valence-electron chi connectivity index (χ2n) is 6.49. The van der Waals surface area contributed by atoms with Crippen molar-refractivity contribution in [3.63, 3.8) is 0 Å². The van der Waals surface area contributed by atoms with Gasteiger partial charge in [0.2, 0.25) is 0 Å². The van der Waals surface area contributed by atoms with Gasteiger partial charge in [0.25, 0.3) is 11.6 Å². The minimum atomic E-state index is -0.358. The van der Waals surface area contributed by atoms with E-state index in [-0.39, 0.29) is 16.5 Å². The van der Waals surface area contributed by atoms with Gasteiger partial charge in [0.05, 0.1) is 19.1 Å². The predicted molar refractivity (Wildman–Crippen MR) is 104 cm³/mol. The van der Waals surface area contributed by atoms with Crippen LogP contribution in [0.3, 0.4) is 0 Å². The number of amides is 1. The molecule has 1 heterocycles. The number of carbonyl (C=O) groups is 1. The van der Waals surface area contributed by atoms with Gasteiger partial charge in [-0.25, -0.2) is 0 Å². The van der Waals surface area contributed by atoms with Gasteiger partial charge in [0.1, 0.15) is 17.1 Å². The number of methoxy groups -OCH3 is 2. The second kappa shape index (κ2) is 8.71. The number of rotatable bonds is 6. The summed E-state index contributed by atoms with van der Waals surface area (Å²) in [6, 6.07) is 12.0. The molecule has 0 aromatic heterocycles. The minimum Gasteiger partial charge on any atom is -0.496 e. The lowest BCUT2D eigenvalue weighted by atomic mass is 10.1. The minimum absolute atomic E-state index is 0.125. The maximum atomic E-state index is 13.0. The summed E-state index contributed by atoms with van der Waals surface area (Å²) in [4.78, 5) is 27.7. The summed E-state index contributed by atoms with van der Waals surface area (Å²) in [5.74, 6) is 0.818. The summed E-state index contributed by atoms with van der Waals surface area (Å²) >= 11 is 0. The molecule has 0 bridgehead atoms. The number of nitrogens with zero attached hydrogens (tertiary/aromatic N) is 3. The first-order valence-electron chi connectivity index (χ1n) is 9.00. The van der Waals surface area contributed by atoms with Crippen LogP contribution in [0.25, 0.3) is 0 Å². The lowest BCUT2D eigenvalue weighted by Gasteiger charge is -2.35. The van der Waals surface area contributed by atoms with Gasteiger partial charge >= 0.3 is 0 Å². The average molecular weight is 385 g/mol. The van der Waals surface area contributed by atoms with E-state index in [1.807, 2.05) is 0 Å². The Hall–Kier alpha value is -3.13. The van der Waals surface area contributed by atoms with Crippen molar-refractivity contribution in [2.24, 2.45) is 0 Å². The molecule has 8 nitrogen and oxygen atoms in total. The molecular weight excluding hydrogens is 362 g/mol. The van der Waals surface area contributed by atoms with Crippen LogP contribution < -0.4 is 9.47 Å². The van der Waals surface area contributed by atoms with Crippen LogP contribution in [-0.2, 0) is 6.54 Å². The third-order valence-corrected chi connectivity index (χ3v) is 4.88. The fraction of sp³-hybridized carbons (Fsp3) is 0.350. The predicted octanol–water partition coefficient (Wildman–Crippen LogP) is 2.57. The molecule has 3 rings (SSSR count). The van der Waals surface area contributed by atoms with Gasteiger partial charge in [-0.3, -0.25) is 19.8 Å². The van der Waals surface area contributed by atoms with E-state index < -0.39 is 0 Å². The van der Waals surface area contributed by atoms with Crippen LogP contribution in [0.2, 0.25) is 0 Å². The van der Waals surface area contributed by atoms with E-state index >= 15 is 0 Å². The lowest BCUT2D eigenvalue weighted by molar-refractivity contribution is -0.385. The number of benzene rings is 2. The van der Waals surface area contributed by atoms with Gasteiger partial charge in [0.15, 0.2) is 0 Å². The number of hydrogen-bond acceptors (Lipinski definition) is 6. The van der Waals surface area contributed by atoms with Crippen LogP contribution in [0, 0.1) is 10.1 Å². The van der Waals surface area contributed by atoms with Crippen molar-refractivity contribution < 1.29 is 19.2 Å². The maximum absolute atomic E-state index is 13.0. The highest BCUT2D eigenvalue weighted by Gasteiger charge is 2.27. The first-order valence-corrected chi connectivity index (χ1v) is 9.00. The van der Waals surface area contributed by atoms with E-state index in [1.165, 1.54) is 20.3 Å². The fourth-order valence-electron chi connectivity index (χ4n) is 3.39. The van der Waals surface area contributed by atoms with Crippen molar-refractivity contribution in [3.05, 3.63) is 63.7 Å². The summed E-state index contributed by atoms with van der Waals surface area (Å²) in [7, 11) is 3.05. The zero-order valence-corrected chi connectivity index (χ0v) is 16.0. The first kappa shape index (κ1) is 19.6. The molecule has 8 heteroatoms. The molecule has 1 saturated heterocycles. The largest absolute Gasteiger partial charge is 0.496 e. The quantitative estimate of drug-likeness (QED) is 0.561. The summed E-state index contributed by atoms with van der Waals surface area (Å²) in [6.07, 6.45) is 0. The molecular formula is C20H23N3O5. The smallest absolute Gasteiger partial charge is 0.273 e. The molecule has 0 saturated carbocycles. The van der Waals surface area contributed by atoms with Crippen LogP contribution in [-0.4, -0.2) is 61.0 Å². The molecule has 0 aliphatic carbocycles. The van der Waals surface area contributed by atoms with E-state index in [0.29, 0.717) is 55.3 Å². The normalized spacial score (nSPS) is 14.6. The number of piperazine rings is 1. The monoisotopic (exact) mass is 385 g/mol. The highest BCUT2D eigenvalue weighted by atomic mass is 16.6. The van der Waals surface area contributed by atoms with Crippen molar-refractivity contribution >= 4 is 11.6 Å². The van der Waals surface area contributed by atoms with Gasteiger partial charge in [-0.15, -0.1) is 0 Å². The Balaban J connectivity index is 1.68. The zero-order chi connectivity index (χ0) is 20.1. The van der Waals surface area contributed by atoms with Crippen molar-refractivity contribution in [3.8, 4) is 11.5 Å². The lowest BCUT2D eigenvalue weighted by Crippen LogP contribution is -2.48. The topological polar surface area (TPSA) is 85.2 Å². The molecule has 0 unspecified atom stereocenters. The van der Waals surface area contributed by atoms with Crippen molar-refractivity contribution in [1.29, 1.82) is 0 Å². The second-order valence-corrected chi connectivity index (χ2v) is 6.49. The van der Waals surface area contributed by atoms with E-state index in [1.54, 1.807) is 41.3 Å². The third kappa shape index (κ3) is 4.07. The number of carbonyl (C=O) groups excluding carboxylic acids is 1. The van der Waals surface area contributed by atoms with E-state index in [4.69, 9.17) is 9.47 Å². The highest BCUT2D eigenvalue weighted by Crippen LogP contribution is 2.30. The first-order chi connectivity index (χ1) is 13.5. The summed E-state index contributed by atoms with van der Waals surface area (Å²) in [5, 5.41) is 11.2. The highest BCUT2D eigenvalue weighted by molar-refractivity contribution is 5.99. The van der Waals surface area contributed by atoms with Crippen molar-refractivity contribution in [2.45, 2.75) is 6.54 Å². The Morgan fingerprint density at radius 3 is 2.18 bits per heavy atom. The van der Waals surface area contributed by atoms with Gasteiger partial charge in [-0.1, -0.05) is 24.3 Å². The number of nitro benzene ring substituents is 1. The number of ether oxygens (including phenoxy) is 2. The molecule has 0 spiro atoms. The number of para-hydroxylation sites is 1. The molecule has 148 valence electrons. The maximum Gasteiger partial charge on any atom is 0.273 e. The SMILES string of the molecule is COc1cccc(OC)c1C(=O)N1CCN(Cc2ccccc2[N+](=O)[O-])CC1. The van der Waals surface area contributed by atoms with Gasteiger partial charge < -0.3 is 14.4 Å². The van der Waals surface area contributed by atoms with E-state index in [9.17, 15) is 14.9 Å². The fourth-order valence-corrected chi connectivity index (χ4v) is 3.39. The Kier molecular flexibility index (Phi) is 6.10. The van der Waals surface area contributed by atoms with Crippen LogP contribution in [0.1, 0.15) is 15.9 Å². The summed E-state index contributed by atoms with van der Waals surface area (Å²) in [5.41, 5.74) is 1.22. The molecule has 2 aromatic carbocycles. The number of hydrogen-bond donors (Lipinski definition) is 0. The Morgan fingerprint density at radius 1 is 1.00 bits per heavy atom. The van der Waals surface area contributed by atoms with Crippen LogP contribution in [0.4, 0.5) is 5.69 Å². The summed E-state index contributed by atoms with van der Waals surface area (Å²) < 4.78 is 10.7. The third-order valence-electron chi connectivity index (χ3n) is 4.88. The molecule has 1 fully saturated rings. The summed E-state index contributed by atoms with van der Waals surface area (Å²) in [6.45, 7) is 2.81. The van der Waals surface area contributed by atoms with Crippen LogP contribution >= 0.6 is 0 Å². The molecule has 1 aliphatic rings. The average Bonchev–Trinajstić information content (AvgIpc) is 2.73. The van der Waals surface area contributed by atoms with Gasteiger partial charge in [-0.2, -0.15) is 0 Å². The van der Waals surface area contributed by atoms with Crippen molar-refractivity contribution in [2.75, 3.05) is 40.4 Å². The molecule has 0 N–H and O–H groups in total. The van der Waals surface area contributed by atoms with E-state index in [2.05, 4.69) is 4.90 Å². The molecule has 0 radical (unpaired) electrons. The Morgan fingerprint density at radius 2 is 1.61 bits per heavy atom. The van der Waals surface area contributed by atoms with Crippen LogP contribution in [0.15, 0.2) is 42.5 Å². The molecule has 1 aliphatic heterocycles. The zero-order valence-electron chi connectivity index (χ0n) is 16.0. The van der Waals surface area contributed by atoms with Gasteiger partial charge in [-0.05, 0) is 12.1 Å². The molecule has 1 amide bonds. The van der Waals surface area contributed by atoms with Crippen molar-refractivity contribution in [1.82, 2.24) is 9.80 Å². The molecule has 2 aromatic rings. The van der Waals surface area contributed by atoms with Crippen LogP contribution in [0.5, 0.6) is 11.5 Å². The Bertz CT molecular complexity index is 840. The van der Waals surface area contributed by atoms with Gasteiger partial charge in [0, 0.05) is 44.4 Å². The molecule has 0 atom stereocenters. The molecule has 28 heavy (non-hydrogen) atoms. The van der Waals surface area contributed by atoms with E-state index in [0.717, 1.165) is 0 Å². The standard InChI is InChI=1S/C20H23N3O5/c1-27-17-8-5-9-18(28-2)19(17)20(24)22-12-10-21(11-13-22)14-15-6-3-4-7-16(15)23(25)26/h3-9H,10-14H2,1-2H3. The Labute approximate surface area is 163 Å². The number of nitro groups is 1.